The molecule has 0 bridgehead atoms. The molecule has 46 valence electrons. The topological polar surface area (TPSA) is 26.0 Å². The molecule has 0 aliphatic heterocycles. The van der Waals surface area contributed by atoms with Gasteiger partial charge in [-0.05, 0) is 0 Å². The Morgan fingerprint density at radius 1 is 1.50 bits per heavy atom. The molecule has 2 heteroatoms. The van der Waals surface area contributed by atoms with Crippen LogP contribution in [0.25, 0.3) is 0 Å². The third-order valence-electron chi connectivity index (χ3n) is 0.731. The van der Waals surface area contributed by atoms with Crippen molar-refractivity contribution in [3.05, 3.63) is 30.3 Å². The van der Waals surface area contributed by atoms with Gasteiger partial charge >= 0.3 is 17.1 Å². The summed E-state index contributed by atoms with van der Waals surface area (Å²) >= 11 is 0. The fourth-order valence-electron chi connectivity index (χ4n) is 0.407. The number of nitrogens with two attached hydrogens (primary N) is 1. The number of rotatable bonds is 0. The Bertz CT molecular complexity index is 138. The van der Waals surface area contributed by atoms with E-state index in [2.05, 4.69) is 6.07 Å². The summed E-state index contributed by atoms with van der Waals surface area (Å²) in [7, 11) is 0. The molecule has 0 aromatic heterocycles. The van der Waals surface area contributed by atoms with E-state index in [1.807, 2.05) is 18.2 Å². The van der Waals surface area contributed by atoms with Gasteiger partial charge < -0.3 is 5.73 Å². The van der Waals surface area contributed by atoms with Gasteiger partial charge in [-0.1, -0.05) is 5.69 Å². The molecule has 0 aliphatic carbocycles. The third-order valence-corrected chi connectivity index (χ3v) is 0.731. The molecular weight excluding hydrogens is 150 g/mol. The molecule has 0 amide bonds. The van der Waals surface area contributed by atoms with E-state index in [9.17, 15) is 0 Å². The van der Waals surface area contributed by atoms with E-state index in [1.54, 1.807) is 6.07 Å². The maximum absolute atomic E-state index is 5.33. The minimum absolute atomic E-state index is 0. The van der Waals surface area contributed by atoms with Crippen LogP contribution in [0.15, 0.2) is 24.3 Å². The van der Waals surface area contributed by atoms with E-state index in [-0.39, 0.29) is 17.1 Å². The molecule has 0 unspecified atom stereocenters. The summed E-state index contributed by atoms with van der Waals surface area (Å²) in [5.41, 5.74) is 6.09. The zero-order valence-electron chi connectivity index (χ0n) is 4.19. The Kier molecular flexibility index (Phi) is 3.33. The van der Waals surface area contributed by atoms with Crippen LogP contribution in [-0.2, 0) is 17.1 Å². The minimum Gasteiger partial charge on any atom is -0.449 e. The number of anilines is 1. The first-order valence-electron chi connectivity index (χ1n) is 2.11. The third kappa shape index (κ3) is 2.01. The molecule has 0 saturated carbocycles. The SMILES string of the molecule is Nc1c[c-]ccc1.[Cu+]. The van der Waals surface area contributed by atoms with Crippen LogP contribution in [-0.4, -0.2) is 0 Å². The van der Waals surface area contributed by atoms with Gasteiger partial charge in [-0.3, -0.25) is 0 Å². The van der Waals surface area contributed by atoms with Gasteiger partial charge in [0.25, 0.3) is 0 Å². The van der Waals surface area contributed by atoms with E-state index in [4.69, 9.17) is 5.73 Å². The van der Waals surface area contributed by atoms with E-state index >= 15 is 0 Å². The summed E-state index contributed by atoms with van der Waals surface area (Å²) in [6, 6.07) is 10.1. The Balaban J connectivity index is 0.000000490. The van der Waals surface area contributed by atoms with Crippen LogP contribution in [0, 0.1) is 6.07 Å². The van der Waals surface area contributed by atoms with Crippen molar-refractivity contribution in [1.29, 1.82) is 0 Å². The first-order valence-corrected chi connectivity index (χ1v) is 2.11. The first kappa shape index (κ1) is 7.54. The Morgan fingerprint density at radius 3 is 2.50 bits per heavy atom. The minimum atomic E-state index is 0. The summed E-state index contributed by atoms with van der Waals surface area (Å²) in [4.78, 5) is 0. The molecule has 0 fully saturated rings. The molecule has 0 spiro atoms. The molecule has 1 rings (SSSR count). The summed E-state index contributed by atoms with van der Waals surface area (Å²) in [6.45, 7) is 0. The summed E-state index contributed by atoms with van der Waals surface area (Å²) in [6.07, 6.45) is 0. The molecule has 1 aromatic rings. The predicted octanol–water partition coefficient (Wildman–Crippen LogP) is 1.07. The summed E-state index contributed by atoms with van der Waals surface area (Å²) in [5, 5.41) is 0. The van der Waals surface area contributed by atoms with Gasteiger partial charge in [-0.2, -0.15) is 30.3 Å². The number of hydrogen-bond donors (Lipinski definition) is 1. The fourth-order valence-corrected chi connectivity index (χ4v) is 0.407. The largest absolute Gasteiger partial charge is 1.00 e. The Hall–Kier alpha value is -0.461. The predicted molar refractivity (Wildman–Crippen MR) is 29.7 cm³/mol. The van der Waals surface area contributed by atoms with Crippen LogP contribution in [0.5, 0.6) is 0 Å². The number of benzene rings is 1. The maximum Gasteiger partial charge on any atom is 1.00 e. The van der Waals surface area contributed by atoms with Crippen molar-refractivity contribution in [3.63, 3.8) is 0 Å². The summed E-state index contributed by atoms with van der Waals surface area (Å²) in [5.74, 6) is 0. The molecule has 1 nitrogen and oxygen atoms in total. The monoisotopic (exact) mass is 155 g/mol. The molecule has 0 radical (unpaired) electrons. The number of nitrogen functional groups attached to an aromatic ring is 1. The van der Waals surface area contributed by atoms with Crippen molar-refractivity contribution in [1.82, 2.24) is 0 Å². The second-order valence-electron chi connectivity index (χ2n) is 1.34. The van der Waals surface area contributed by atoms with Crippen LogP contribution in [0.3, 0.4) is 0 Å². The quantitative estimate of drug-likeness (QED) is 0.339. The Morgan fingerprint density at radius 2 is 2.25 bits per heavy atom. The van der Waals surface area contributed by atoms with Crippen molar-refractivity contribution in [2.24, 2.45) is 0 Å². The Labute approximate surface area is 59.4 Å². The van der Waals surface area contributed by atoms with E-state index in [1.165, 1.54) is 0 Å². The molecule has 0 saturated heterocycles. The van der Waals surface area contributed by atoms with Crippen molar-refractivity contribution in [2.45, 2.75) is 0 Å². The molecule has 0 heterocycles. The number of hydrogen-bond acceptors (Lipinski definition) is 1. The zero-order chi connectivity index (χ0) is 5.11. The van der Waals surface area contributed by atoms with Gasteiger partial charge in [0, 0.05) is 0 Å². The van der Waals surface area contributed by atoms with Crippen molar-refractivity contribution < 1.29 is 17.1 Å². The van der Waals surface area contributed by atoms with Crippen molar-refractivity contribution in [2.75, 3.05) is 5.73 Å². The average molecular weight is 156 g/mol. The van der Waals surface area contributed by atoms with Crippen LogP contribution in [0.1, 0.15) is 0 Å². The summed E-state index contributed by atoms with van der Waals surface area (Å²) < 4.78 is 0. The first-order chi connectivity index (χ1) is 3.39. The fraction of sp³-hybridized carbons (Fsp3) is 0. The molecule has 2 N–H and O–H groups in total. The van der Waals surface area contributed by atoms with E-state index in [0.717, 1.165) is 5.69 Å². The van der Waals surface area contributed by atoms with Gasteiger partial charge in [0.15, 0.2) is 0 Å². The van der Waals surface area contributed by atoms with Crippen LogP contribution in [0.4, 0.5) is 5.69 Å². The molecule has 0 atom stereocenters. The maximum atomic E-state index is 5.33. The van der Waals surface area contributed by atoms with Crippen molar-refractivity contribution >= 4 is 5.69 Å². The van der Waals surface area contributed by atoms with Gasteiger partial charge in [-0.25, -0.2) is 0 Å². The van der Waals surface area contributed by atoms with Crippen molar-refractivity contribution in [3.8, 4) is 0 Å². The van der Waals surface area contributed by atoms with Gasteiger partial charge in [0.2, 0.25) is 0 Å². The zero-order valence-corrected chi connectivity index (χ0v) is 5.13. The van der Waals surface area contributed by atoms with Crippen LogP contribution in [0.2, 0.25) is 0 Å². The molecule has 8 heavy (non-hydrogen) atoms. The molecule has 1 aromatic carbocycles. The molecular formula is C6H6CuN. The van der Waals surface area contributed by atoms with E-state index < -0.39 is 0 Å². The smallest absolute Gasteiger partial charge is 0.449 e. The van der Waals surface area contributed by atoms with Crippen LogP contribution >= 0.6 is 0 Å². The van der Waals surface area contributed by atoms with Gasteiger partial charge in [0.1, 0.15) is 0 Å². The van der Waals surface area contributed by atoms with Gasteiger partial charge in [-0.15, -0.1) is 0 Å². The van der Waals surface area contributed by atoms with Crippen LogP contribution < -0.4 is 5.73 Å². The second kappa shape index (κ2) is 3.53. The normalized spacial score (nSPS) is 7.50. The molecule has 0 aliphatic rings. The van der Waals surface area contributed by atoms with Gasteiger partial charge in [0.05, 0.1) is 0 Å². The van der Waals surface area contributed by atoms with E-state index in [0.29, 0.717) is 0 Å². The average Bonchev–Trinajstić information content (AvgIpc) is 1.69. The second-order valence-corrected chi connectivity index (χ2v) is 1.34. The standard InChI is InChI=1S/C6H6N.Cu/c7-6-4-2-1-3-5-6;/h1-2,4-5H,7H2;/q-1;+1.